The Morgan fingerprint density at radius 2 is 1.67 bits per heavy atom. The zero-order chi connectivity index (χ0) is 13.0. The van der Waals surface area contributed by atoms with Gasteiger partial charge in [0.25, 0.3) is 0 Å². The fourth-order valence-corrected chi connectivity index (χ4v) is 3.55. The first-order chi connectivity index (χ1) is 8.70. The zero-order valence-electron chi connectivity index (χ0n) is 9.70. The second-order valence-corrected chi connectivity index (χ2v) is 6.11. The smallest absolute Gasteiger partial charge is 0.0406 e. The maximum absolute atomic E-state index is 6.20. The van der Waals surface area contributed by atoms with Gasteiger partial charge in [-0.2, -0.15) is 11.3 Å². The Morgan fingerprint density at radius 3 is 2.17 bits per heavy atom. The molecule has 96 valence electrons. The molecule has 18 heavy (non-hydrogen) atoms. The fourth-order valence-electron chi connectivity index (χ4n) is 1.97. The van der Waals surface area contributed by atoms with Crippen LogP contribution in [0.3, 0.4) is 0 Å². The number of alkyl halides is 2. The molecule has 0 spiro atoms. The van der Waals surface area contributed by atoms with Gasteiger partial charge in [-0.25, -0.2) is 0 Å². The van der Waals surface area contributed by atoms with Gasteiger partial charge in [0, 0.05) is 22.2 Å². The van der Waals surface area contributed by atoms with Gasteiger partial charge in [0.2, 0.25) is 0 Å². The van der Waals surface area contributed by atoms with E-state index >= 15 is 0 Å². The molecule has 0 fully saturated rings. The largest absolute Gasteiger partial charge is 0.152 e. The second-order valence-electron chi connectivity index (χ2n) is 4.36. The van der Waals surface area contributed by atoms with E-state index in [-0.39, 0.29) is 5.41 Å². The van der Waals surface area contributed by atoms with Gasteiger partial charge in [0.1, 0.15) is 0 Å². The van der Waals surface area contributed by atoms with E-state index in [1.165, 1.54) is 5.56 Å². The summed E-state index contributed by atoms with van der Waals surface area (Å²) in [7, 11) is 0. The molecule has 1 heterocycles. The molecule has 0 radical (unpaired) electrons. The SMILES string of the molecule is ClCC(CCl)(Cc1ccsc1)c1ccc(Cl)cc1. The van der Waals surface area contributed by atoms with Crippen LogP contribution in [-0.2, 0) is 11.8 Å². The lowest BCUT2D eigenvalue weighted by molar-refractivity contribution is 0.537. The fraction of sp³-hybridized carbons (Fsp3) is 0.286. The lowest BCUT2D eigenvalue weighted by Gasteiger charge is -2.30. The van der Waals surface area contributed by atoms with E-state index in [2.05, 4.69) is 16.8 Å². The minimum Gasteiger partial charge on any atom is -0.152 e. The topological polar surface area (TPSA) is 0 Å². The number of rotatable bonds is 5. The number of benzene rings is 1. The molecule has 1 aromatic heterocycles. The van der Waals surface area contributed by atoms with Crippen LogP contribution in [0.25, 0.3) is 0 Å². The number of hydrogen-bond donors (Lipinski definition) is 0. The van der Waals surface area contributed by atoms with Gasteiger partial charge in [-0.05, 0) is 46.5 Å². The molecule has 0 atom stereocenters. The summed E-state index contributed by atoms with van der Waals surface area (Å²) >= 11 is 20.0. The van der Waals surface area contributed by atoms with Crippen LogP contribution in [0.4, 0.5) is 0 Å². The standard InChI is InChI=1S/C14H13Cl3S/c15-9-14(10-16,7-11-5-6-18-8-11)12-1-3-13(17)4-2-12/h1-6,8H,7,9-10H2. The maximum Gasteiger partial charge on any atom is 0.0406 e. The number of hydrogen-bond acceptors (Lipinski definition) is 1. The summed E-state index contributed by atoms with van der Waals surface area (Å²) in [5.41, 5.74) is 2.19. The van der Waals surface area contributed by atoms with Crippen LogP contribution in [0, 0.1) is 0 Å². The molecule has 0 amide bonds. The van der Waals surface area contributed by atoms with Crippen molar-refractivity contribution in [2.75, 3.05) is 11.8 Å². The highest BCUT2D eigenvalue weighted by atomic mass is 35.5. The van der Waals surface area contributed by atoms with Crippen molar-refractivity contribution in [1.82, 2.24) is 0 Å². The van der Waals surface area contributed by atoms with Crippen LogP contribution in [0.5, 0.6) is 0 Å². The van der Waals surface area contributed by atoms with Gasteiger partial charge >= 0.3 is 0 Å². The van der Waals surface area contributed by atoms with Crippen LogP contribution in [0.2, 0.25) is 5.02 Å². The second kappa shape index (κ2) is 6.29. The molecule has 0 aliphatic heterocycles. The van der Waals surface area contributed by atoms with Gasteiger partial charge in [-0.1, -0.05) is 23.7 Å². The Hall–Kier alpha value is -0.210. The van der Waals surface area contributed by atoms with E-state index in [0.29, 0.717) is 11.8 Å². The Bertz CT molecular complexity index is 472. The van der Waals surface area contributed by atoms with E-state index in [0.717, 1.165) is 17.0 Å². The van der Waals surface area contributed by atoms with Crippen molar-refractivity contribution in [3.05, 3.63) is 57.2 Å². The molecule has 0 nitrogen and oxygen atoms in total. The van der Waals surface area contributed by atoms with Crippen LogP contribution in [0.15, 0.2) is 41.1 Å². The summed E-state index contributed by atoms with van der Waals surface area (Å²) in [6.07, 6.45) is 0.852. The van der Waals surface area contributed by atoms with E-state index in [1.54, 1.807) is 11.3 Å². The molecule has 2 aromatic rings. The summed E-state index contributed by atoms with van der Waals surface area (Å²) in [4.78, 5) is 0. The van der Waals surface area contributed by atoms with Gasteiger partial charge in [-0.15, -0.1) is 23.2 Å². The molecule has 0 saturated heterocycles. The molecule has 0 bridgehead atoms. The van der Waals surface area contributed by atoms with Crippen molar-refractivity contribution in [3.63, 3.8) is 0 Å². The minimum atomic E-state index is -0.227. The summed E-state index contributed by atoms with van der Waals surface area (Å²) in [5, 5.41) is 4.95. The zero-order valence-corrected chi connectivity index (χ0v) is 12.8. The molecular formula is C14H13Cl3S. The summed E-state index contributed by atoms with van der Waals surface area (Å²) in [6, 6.07) is 9.92. The van der Waals surface area contributed by atoms with Crippen molar-refractivity contribution in [2.24, 2.45) is 0 Å². The Kier molecular flexibility index (Phi) is 4.97. The molecule has 0 unspecified atom stereocenters. The Morgan fingerprint density at radius 1 is 1.00 bits per heavy atom. The van der Waals surface area contributed by atoms with Gasteiger partial charge in [0.15, 0.2) is 0 Å². The van der Waals surface area contributed by atoms with Gasteiger partial charge in [-0.3, -0.25) is 0 Å². The molecule has 0 aliphatic carbocycles. The summed E-state index contributed by atoms with van der Waals surface area (Å²) in [6.45, 7) is 0. The van der Waals surface area contributed by atoms with Crippen molar-refractivity contribution in [2.45, 2.75) is 11.8 Å². The predicted molar refractivity (Wildman–Crippen MR) is 82.6 cm³/mol. The van der Waals surface area contributed by atoms with E-state index < -0.39 is 0 Å². The third-order valence-electron chi connectivity index (χ3n) is 3.09. The Balaban J connectivity index is 2.33. The first-order valence-corrected chi connectivity index (χ1v) is 7.98. The van der Waals surface area contributed by atoms with Gasteiger partial charge < -0.3 is 0 Å². The average molecular weight is 320 g/mol. The van der Waals surface area contributed by atoms with E-state index in [1.807, 2.05) is 24.3 Å². The first kappa shape index (κ1) is 14.2. The Labute approximate surface area is 126 Å². The molecular weight excluding hydrogens is 307 g/mol. The monoisotopic (exact) mass is 318 g/mol. The van der Waals surface area contributed by atoms with E-state index in [4.69, 9.17) is 34.8 Å². The molecule has 1 aromatic carbocycles. The van der Waals surface area contributed by atoms with Crippen LogP contribution >= 0.6 is 46.1 Å². The maximum atomic E-state index is 6.20. The highest BCUT2D eigenvalue weighted by Gasteiger charge is 2.31. The van der Waals surface area contributed by atoms with Gasteiger partial charge in [0.05, 0.1) is 0 Å². The highest BCUT2D eigenvalue weighted by molar-refractivity contribution is 7.07. The van der Waals surface area contributed by atoms with Crippen LogP contribution in [-0.4, -0.2) is 11.8 Å². The third-order valence-corrected chi connectivity index (χ3v) is 5.10. The van der Waals surface area contributed by atoms with Crippen molar-refractivity contribution in [3.8, 4) is 0 Å². The summed E-state index contributed by atoms with van der Waals surface area (Å²) in [5.74, 6) is 0.988. The van der Waals surface area contributed by atoms with Crippen molar-refractivity contribution in [1.29, 1.82) is 0 Å². The summed E-state index contributed by atoms with van der Waals surface area (Å²) < 4.78 is 0. The molecule has 4 heteroatoms. The lowest BCUT2D eigenvalue weighted by Crippen LogP contribution is -2.33. The lowest BCUT2D eigenvalue weighted by atomic mass is 9.79. The normalized spacial score (nSPS) is 11.7. The molecule has 0 N–H and O–H groups in total. The van der Waals surface area contributed by atoms with Crippen molar-refractivity contribution >= 4 is 46.1 Å². The molecule has 2 rings (SSSR count). The minimum absolute atomic E-state index is 0.227. The quantitative estimate of drug-likeness (QED) is 0.651. The molecule has 0 saturated carbocycles. The molecule has 0 aliphatic rings. The average Bonchev–Trinajstić information content (AvgIpc) is 2.90. The predicted octanol–water partition coefficient (Wildman–Crippen LogP) is 5.36. The van der Waals surface area contributed by atoms with Crippen molar-refractivity contribution < 1.29 is 0 Å². The third kappa shape index (κ3) is 3.03. The number of halogens is 3. The number of thiophene rings is 1. The first-order valence-electron chi connectivity index (χ1n) is 5.59. The van der Waals surface area contributed by atoms with Crippen LogP contribution in [0.1, 0.15) is 11.1 Å². The van der Waals surface area contributed by atoms with Crippen LogP contribution < -0.4 is 0 Å². The highest BCUT2D eigenvalue weighted by Crippen LogP contribution is 2.33. The van der Waals surface area contributed by atoms with E-state index in [9.17, 15) is 0 Å².